The van der Waals surface area contributed by atoms with Gasteiger partial charge in [-0.05, 0) is 30.3 Å². The highest BCUT2D eigenvalue weighted by molar-refractivity contribution is 7.13. The van der Waals surface area contributed by atoms with Crippen LogP contribution in [0.3, 0.4) is 0 Å². The molecule has 0 radical (unpaired) electrons. The number of thiazole rings is 1. The Morgan fingerprint density at radius 2 is 1.88 bits per heavy atom. The molecule has 1 amide bonds. The van der Waals surface area contributed by atoms with Crippen LogP contribution in [0.2, 0.25) is 0 Å². The molecule has 3 aromatic rings. The van der Waals surface area contributed by atoms with Crippen molar-refractivity contribution in [1.29, 1.82) is 0 Å². The van der Waals surface area contributed by atoms with Crippen molar-refractivity contribution in [2.45, 2.75) is 13.2 Å². The Hall–Kier alpha value is -2.87. The van der Waals surface area contributed by atoms with Gasteiger partial charge in [0.1, 0.15) is 22.3 Å². The Kier molecular flexibility index (Phi) is 5.52. The number of rotatable bonds is 6. The fraction of sp³-hybridized carbons (Fsp3) is 0.111. The average Bonchev–Trinajstić information content (AvgIpc) is 3.11. The van der Waals surface area contributed by atoms with Gasteiger partial charge in [-0.2, -0.15) is 8.78 Å². The average molecular weight is 378 g/mol. The van der Waals surface area contributed by atoms with Gasteiger partial charge >= 0.3 is 6.61 Å². The topological polar surface area (TPSA) is 51.2 Å². The summed E-state index contributed by atoms with van der Waals surface area (Å²) in [6.45, 7) is -2.92. The molecule has 0 aliphatic rings. The molecule has 0 aliphatic heterocycles. The van der Waals surface area contributed by atoms with Crippen LogP contribution < -0.4 is 10.1 Å². The van der Waals surface area contributed by atoms with Crippen LogP contribution in [0.4, 0.5) is 13.2 Å². The summed E-state index contributed by atoms with van der Waals surface area (Å²) < 4.78 is 42.2. The maximum absolute atomic E-state index is 13.0. The molecule has 4 nitrogen and oxygen atoms in total. The van der Waals surface area contributed by atoms with E-state index < -0.39 is 12.5 Å². The van der Waals surface area contributed by atoms with Crippen LogP contribution in [0.25, 0.3) is 10.6 Å². The summed E-state index contributed by atoms with van der Waals surface area (Å²) in [4.78, 5) is 16.5. The first-order chi connectivity index (χ1) is 12.5. The number of ether oxygens (including phenoxy) is 1. The number of amides is 1. The number of nitrogens with zero attached hydrogens (tertiary/aromatic N) is 1. The van der Waals surface area contributed by atoms with Gasteiger partial charge < -0.3 is 10.1 Å². The van der Waals surface area contributed by atoms with Crippen LogP contribution in [-0.4, -0.2) is 17.5 Å². The van der Waals surface area contributed by atoms with Crippen LogP contribution in [0, 0.1) is 5.82 Å². The molecule has 1 aromatic heterocycles. The lowest BCUT2D eigenvalue weighted by atomic mass is 10.2. The third kappa shape index (κ3) is 4.40. The fourth-order valence-electron chi connectivity index (χ4n) is 2.23. The van der Waals surface area contributed by atoms with E-state index in [9.17, 15) is 18.0 Å². The van der Waals surface area contributed by atoms with Crippen molar-refractivity contribution in [3.8, 4) is 16.3 Å². The van der Waals surface area contributed by atoms with Gasteiger partial charge in [-0.3, -0.25) is 4.79 Å². The number of nitrogens with one attached hydrogen (secondary N) is 1. The number of aromatic nitrogens is 1. The Bertz CT molecular complexity index is 897. The van der Waals surface area contributed by atoms with E-state index in [1.165, 1.54) is 29.5 Å². The minimum Gasteiger partial charge on any atom is -0.434 e. The van der Waals surface area contributed by atoms with E-state index >= 15 is 0 Å². The zero-order valence-corrected chi connectivity index (χ0v) is 14.1. The predicted octanol–water partition coefficient (Wildman–Crippen LogP) is 4.48. The highest BCUT2D eigenvalue weighted by atomic mass is 32.1. The minimum atomic E-state index is -2.94. The zero-order valence-electron chi connectivity index (χ0n) is 13.3. The van der Waals surface area contributed by atoms with Gasteiger partial charge in [0.15, 0.2) is 0 Å². The lowest BCUT2D eigenvalue weighted by Crippen LogP contribution is -2.23. The molecule has 26 heavy (non-hydrogen) atoms. The van der Waals surface area contributed by atoms with Crippen molar-refractivity contribution in [1.82, 2.24) is 10.3 Å². The number of alkyl halides is 2. The van der Waals surface area contributed by atoms with Crippen molar-refractivity contribution in [2.24, 2.45) is 0 Å². The molecule has 0 aliphatic carbocycles. The lowest BCUT2D eigenvalue weighted by Gasteiger charge is -2.10. The maximum atomic E-state index is 13.0. The first kappa shape index (κ1) is 17.9. The number of para-hydroxylation sites is 1. The van der Waals surface area contributed by atoms with Gasteiger partial charge in [0, 0.05) is 23.1 Å². The number of hydrogen-bond acceptors (Lipinski definition) is 4. The summed E-state index contributed by atoms with van der Waals surface area (Å²) >= 11 is 1.25. The number of carbonyl (C=O) groups excluding carboxylic acids is 1. The molecule has 0 fully saturated rings. The molecule has 2 aromatic carbocycles. The van der Waals surface area contributed by atoms with Crippen molar-refractivity contribution < 1.29 is 22.7 Å². The second-order valence-corrected chi connectivity index (χ2v) is 6.07. The summed E-state index contributed by atoms with van der Waals surface area (Å²) in [5, 5.41) is 4.78. The first-order valence-corrected chi connectivity index (χ1v) is 8.43. The van der Waals surface area contributed by atoms with Crippen molar-refractivity contribution in [2.75, 3.05) is 0 Å². The Balaban J connectivity index is 1.67. The fourth-order valence-corrected chi connectivity index (χ4v) is 3.04. The van der Waals surface area contributed by atoms with E-state index in [1.54, 1.807) is 35.7 Å². The predicted molar refractivity (Wildman–Crippen MR) is 91.8 cm³/mol. The minimum absolute atomic E-state index is 0.00748. The summed E-state index contributed by atoms with van der Waals surface area (Å²) in [6.07, 6.45) is 0. The smallest absolute Gasteiger partial charge is 0.387 e. The van der Waals surface area contributed by atoms with E-state index in [0.29, 0.717) is 16.1 Å². The van der Waals surface area contributed by atoms with Gasteiger partial charge in [0.25, 0.3) is 5.91 Å². The molecule has 0 bridgehead atoms. The molecule has 0 atom stereocenters. The maximum Gasteiger partial charge on any atom is 0.387 e. The second-order valence-electron chi connectivity index (χ2n) is 5.21. The third-order valence-corrected chi connectivity index (χ3v) is 4.35. The quantitative estimate of drug-likeness (QED) is 0.688. The molecule has 0 saturated heterocycles. The number of benzene rings is 2. The number of halogens is 3. The standard InChI is InChI=1S/C18H13F3N2O2S/c19-13-7-5-11(6-8-13)17-23-14(10-26-17)16(24)22-9-12-3-1-2-4-15(12)25-18(20)21/h1-8,10,18H,9H2,(H,22,24). The molecular formula is C18H13F3N2O2S. The van der Waals surface area contributed by atoms with Crippen molar-refractivity contribution in [3.63, 3.8) is 0 Å². The van der Waals surface area contributed by atoms with Crippen LogP contribution in [-0.2, 0) is 6.54 Å². The monoisotopic (exact) mass is 378 g/mol. The van der Waals surface area contributed by atoms with Crippen LogP contribution in [0.5, 0.6) is 5.75 Å². The summed E-state index contributed by atoms with van der Waals surface area (Å²) in [7, 11) is 0. The van der Waals surface area contributed by atoms with Gasteiger partial charge in [-0.25, -0.2) is 9.37 Å². The van der Waals surface area contributed by atoms with Crippen molar-refractivity contribution in [3.05, 3.63) is 71.0 Å². The third-order valence-electron chi connectivity index (χ3n) is 3.46. The second kappa shape index (κ2) is 8.01. The van der Waals surface area contributed by atoms with E-state index in [4.69, 9.17) is 0 Å². The Morgan fingerprint density at radius 3 is 2.62 bits per heavy atom. The zero-order chi connectivity index (χ0) is 18.5. The molecule has 134 valence electrons. The Labute approximate surface area is 151 Å². The molecule has 1 N–H and O–H groups in total. The largest absolute Gasteiger partial charge is 0.434 e. The van der Waals surface area contributed by atoms with Gasteiger partial charge in [-0.15, -0.1) is 11.3 Å². The number of carbonyl (C=O) groups is 1. The van der Waals surface area contributed by atoms with E-state index in [2.05, 4.69) is 15.0 Å². The van der Waals surface area contributed by atoms with Crippen LogP contribution in [0.1, 0.15) is 16.1 Å². The van der Waals surface area contributed by atoms with Crippen molar-refractivity contribution >= 4 is 17.2 Å². The Morgan fingerprint density at radius 1 is 1.15 bits per heavy atom. The van der Waals surface area contributed by atoms with Crippen LogP contribution >= 0.6 is 11.3 Å². The highest BCUT2D eigenvalue weighted by Crippen LogP contribution is 2.24. The first-order valence-electron chi connectivity index (χ1n) is 7.55. The van der Waals surface area contributed by atoms with E-state index in [0.717, 1.165) is 0 Å². The number of hydrogen-bond donors (Lipinski definition) is 1. The molecule has 0 spiro atoms. The lowest BCUT2D eigenvalue weighted by molar-refractivity contribution is -0.0504. The summed E-state index contributed by atoms with van der Waals surface area (Å²) in [5.41, 5.74) is 1.32. The molecule has 8 heteroatoms. The van der Waals surface area contributed by atoms with Gasteiger partial charge in [0.2, 0.25) is 0 Å². The molecule has 3 rings (SSSR count). The van der Waals surface area contributed by atoms with Gasteiger partial charge in [-0.1, -0.05) is 18.2 Å². The normalized spacial score (nSPS) is 10.8. The SMILES string of the molecule is O=C(NCc1ccccc1OC(F)F)c1csc(-c2ccc(F)cc2)n1. The van der Waals surface area contributed by atoms with E-state index in [-0.39, 0.29) is 23.8 Å². The molecule has 1 heterocycles. The van der Waals surface area contributed by atoms with Crippen LogP contribution in [0.15, 0.2) is 53.9 Å². The molecular weight excluding hydrogens is 365 g/mol. The molecule has 0 unspecified atom stereocenters. The summed E-state index contributed by atoms with van der Waals surface area (Å²) in [6, 6.07) is 12.0. The van der Waals surface area contributed by atoms with Gasteiger partial charge in [0.05, 0.1) is 0 Å². The van der Waals surface area contributed by atoms with E-state index in [1.807, 2.05) is 0 Å². The molecule has 0 saturated carbocycles. The summed E-state index contributed by atoms with van der Waals surface area (Å²) in [5.74, 6) is -0.789. The highest BCUT2D eigenvalue weighted by Gasteiger charge is 2.14.